The van der Waals surface area contributed by atoms with Crippen molar-refractivity contribution in [3.05, 3.63) is 23.8 Å². The minimum absolute atomic E-state index is 0.0662. The average molecular weight is 1030 g/mol. The highest BCUT2D eigenvalue weighted by atomic mass is 16.8. The van der Waals surface area contributed by atoms with Gasteiger partial charge in [-0.25, -0.2) is 0 Å². The van der Waals surface area contributed by atoms with E-state index in [1.807, 2.05) is 0 Å². The molecular formula is C53H84O19. The summed E-state index contributed by atoms with van der Waals surface area (Å²) >= 11 is 0. The molecule has 19 heteroatoms. The molecular weight excluding hydrogens is 941 g/mol. The van der Waals surface area contributed by atoms with Crippen LogP contribution in [-0.2, 0) is 38.0 Å². The number of allylic oxidation sites excluding steroid dienone is 3. The van der Waals surface area contributed by atoms with Gasteiger partial charge >= 0.3 is 5.97 Å². The maximum atomic E-state index is 13.1. The first kappa shape index (κ1) is 55.0. The van der Waals surface area contributed by atoms with Gasteiger partial charge in [0, 0.05) is 18.4 Å². The average Bonchev–Trinajstić information content (AvgIpc) is 3.33. The molecule has 3 aliphatic heterocycles. The van der Waals surface area contributed by atoms with Gasteiger partial charge in [-0.15, -0.1) is 0 Å². The smallest absolute Gasteiger partial charge is 0.310 e. The molecule has 0 unspecified atom stereocenters. The Labute approximate surface area is 422 Å². The summed E-state index contributed by atoms with van der Waals surface area (Å²) in [5.74, 6) is -1.17. The number of carbonyl (C=O) groups is 1. The van der Waals surface area contributed by atoms with Crippen LogP contribution in [0.25, 0.3) is 0 Å². The van der Waals surface area contributed by atoms with E-state index in [1.54, 1.807) is 0 Å². The molecule has 0 bridgehead atoms. The Bertz CT molecular complexity index is 2020. The summed E-state index contributed by atoms with van der Waals surface area (Å²) in [5, 5.41) is 120. The Morgan fingerprint density at radius 2 is 1.35 bits per heavy atom. The fourth-order valence-electron chi connectivity index (χ4n) is 16.3. The van der Waals surface area contributed by atoms with Crippen molar-refractivity contribution in [2.24, 2.45) is 50.7 Å². The van der Waals surface area contributed by atoms with Crippen LogP contribution in [0.2, 0.25) is 0 Å². The summed E-state index contributed by atoms with van der Waals surface area (Å²) in [4.78, 5) is 13.1. The molecule has 0 aromatic rings. The normalized spacial score (nSPS) is 54.6. The molecule has 8 fully saturated rings. The number of aliphatic carboxylic acids is 1. The Morgan fingerprint density at radius 1 is 0.694 bits per heavy atom. The highest BCUT2D eigenvalue weighted by molar-refractivity contribution is 5.77. The molecule has 72 heavy (non-hydrogen) atoms. The first-order chi connectivity index (χ1) is 33.7. The van der Waals surface area contributed by atoms with Crippen LogP contribution >= 0.6 is 0 Å². The van der Waals surface area contributed by atoms with E-state index in [9.17, 15) is 61.0 Å². The molecule has 0 aromatic carbocycles. The molecule has 0 radical (unpaired) electrons. The molecule has 27 atom stereocenters. The molecule has 11 N–H and O–H groups in total. The van der Waals surface area contributed by atoms with Crippen LogP contribution in [0, 0.1) is 50.7 Å². The molecule has 3 heterocycles. The van der Waals surface area contributed by atoms with Crippen LogP contribution < -0.4 is 0 Å². The minimum Gasteiger partial charge on any atom is -0.481 e. The Kier molecular flexibility index (Phi) is 15.2. The molecule has 9 rings (SSSR count). The third-order valence-electron chi connectivity index (χ3n) is 21.0. The van der Waals surface area contributed by atoms with Gasteiger partial charge in [-0.3, -0.25) is 4.79 Å². The maximum Gasteiger partial charge on any atom is 0.310 e. The van der Waals surface area contributed by atoms with E-state index in [-0.39, 0.29) is 41.1 Å². The summed E-state index contributed by atoms with van der Waals surface area (Å²) in [6.07, 6.45) is -17.2. The van der Waals surface area contributed by atoms with Gasteiger partial charge in [0.25, 0.3) is 0 Å². The van der Waals surface area contributed by atoms with Gasteiger partial charge in [0.05, 0.1) is 42.5 Å². The van der Waals surface area contributed by atoms with E-state index in [0.717, 1.165) is 44.1 Å². The monoisotopic (exact) mass is 1020 g/mol. The zero-order chi connectivity index (χ0) is 52.4. The van der Waals surface area contributed by atoms with Crippen LogP contribution in [0.5, 0.6) is 0 Å². The number of hydrogen-bond acceptors (Lipinski definition) is 18. The van der Waals surface area contributed by atoms with Crippen molar-refractivity contribution in [2.45, 2.75) is 236 Å². The summed E-state index contributed by atoms with van der Waals surface area (Å²) in [7, 11) is 0. The van der Waals surface area contributed by atoms with E-state index in [2.05, 4.69) is 47.3 Å². The van der Waals surface area contributed by atoms with Gasteiger partial charge < -0.3 is 89.3 Å². The van der Waals surface area contributed by atoms with Gasteiger partial charge in [0.15, 0.2) is 18.9 Å². The summed E-state index contributed by atoms with van der Waals surface area (Å²) < 4.78 is 44.1. The first-order valence-corrected chi connectivity index (χ1v) is 26.6. The number of carboxylic acid groups (broad SMARTS) is 1. The lowest BCUT2D eigenvalue weighted by atomic mass is 9.34. The third-order valence-corrected chi connectivity index (χ3v) is 21.0. The molecule has 0 spiro atoms. The van der Waals surface area contributed by atoms with Crippen LogP contribution in [0.3, 0.4) is 0 Å². The number of carboxylic acids is 1. The van der Waals surface area contributed by atoms with E-state index in [4.69, 9.17) is 33.2 Å². The summed E-state index contributed by atoms with van der Waals surface area (Å²) in [5.41, 5.74) is 0.775. The van der Waals surface area contributed by atoms with Crippen molar-refractivity contribution in [3.8, 4) is 0 Å². The lowest BCUT2D eigenvalue weighted by molar-refractivity contribution is -0.386. The zero-order valence-electron chi connectivity index (χ0n) is 42.9. The number of aliphatic hydroxyl groups excluding tert-OH is 10. The van der Waals surface area contributed by atoms with Gasteiger partial charge in [0.2, 0.25) is 0 Å². The third kappa shape index (κ3) is 8.72. The standard InChI is InChI=1S/C53H84O19/c1-23-11-16-53(48(64)65)18-17-51(7)27(28(53)19-23)9-10-32-50(6)14-13-33(49(4,5)31(50)12-15-52(32,51)8)70-47-44(42(29(55)22-66-47)69-30-20-26(21-54)36(58)39(61)37(30)59)72-46-41(63)43(35(57)25(3)68-46)71-45-40(62)38(60)34(56)24(2)67-45/h9,24-26,28-47,54-63H,1,10-22H2,2-8H3,(H,64,65)/t24-,25-,26-,28-,29+,30-,31-,32-,33+,34-,35-,36-,37+,38+,39+,40+,41+,42+,43+,44-,45+,46+,47+,50+,51-,52-,53-/m1/s1. The highest BCUT2D eigenvalue weighted by Crippen LogP contribution is 2.75. The highest BCUT2D eigenvalue weighted by Gasteiger charge is 2.69. The summed E-state index contributed by atoms with van der Waals surface area (Å²) in [6.45, 7) is 18.2. The van der Waals surface area contributed by atoms with Crippen molar-refractivity contribution >= 4 is 5.97 Å². The molecule has 0 amide bonds. The molecule has 0 aromatic heterocycles. The van der Waals surface area contributed by atoms with Gasteiger partial charge in [-0.2, -0.15) is 0 Å². The van der Waals surface area contributed by atoms with E-state index in [1.165, 1.54) is 19.4 Å². The van der Waals surface area contributed by atoms with Crippen LogP contribution in [-0.4, -0.2) is 192 Å². The number of aliphatic hydroxyl groups is 10. The number of hydrogen-bond donors (Lipinski definition) is 11. The predicted octanol–water partition coefficient (Wildman–Crippen LogP) is 1.42. The largest absolute Gasteiger partial charge is 0.481 e. The Morgan fingerprint density at radius 3 is 2.03 bits per heavy atom. The summed E-state index contributed by atoms with van der Waals surface area (Å²) in [6, 6.07) is 0. The number of ether oxygens (including phenoxy) is 7. The zero-order valence-corrected chi connectivity index (χ0v) is 42.9. The fourth-order valence-corrected chi connectivity index (χ4v) is 16.3. The Balaban J connectivity index is 0.992. The molecule has 5 saturated carbocycles. The Hall–Kier alpha value is -1.73. The predicted molar refractivity (Wildman–Crippen MR) is 253 cm³/mol. The van der Waals surface area contributed by atoms with Crippen LogP contribution in [0.4, 0.5) is 0 Å². The van der Waals surface area contributed by atoms with Gasteiger partial charge in [-0.05, 0) is 118 Å². The SMILES string of the molecule is C=C1CC[C@@]2(C(=O)O)CC[C@]3(C)C(=CC[C@@H]4[C@@]5(C)CC[C@H](O[C@@H]6OC[C@H](O)[C@H](O[C@@H]7C[C@H](CO)[C@@H](O)[C@H](O)[C@H]7O)[C@H]6O[C@@H]6O[C@H](C)[C@@H](O)[C@H](O[C@@H]7O[C@H](C)[C@@H](O)[C@H](O)[C@@H]7O)[C@@H]6O)C(C)(C)[C@H]5CC[C@]43C)[C@H]2C1. The van der Waals surface area contributed by atoms with Crippen molar-refractivity contribution in [1.82, 2.24) is 0 Å². The molecule has 19 nitrogen and oxygen atoms in total. The molecule has 6 aliphatic carbocycles. The van der Waals surface area contributed by atoms with E-state index >= 15 is 0 Å². The quantitative estimate of drug-likeness (QED) is 0.109. The number of fused-ring (bicyclic) bond motifs is 7. The molecule has 410 valence electrons. The van der Waals surface area contributed by atoms with E-state index < -0.39 is 146 Å². The van der Waals surface area contributed by atoms with Crippen molar-refractivity contribution < 1.29 is 94.1 Å². The minimum atomic E-state index is -1.82. The molecule has 3 saturated heterocycles. The van der Waals surface area contributed by atoms with Gasteiger partial charge in [-0.1, -0.05) is 58.4 Å². The van der Waals surface area contributed by atoms with E-state index in [0.29, 0.717) is 31.6 Å². The van der Waals surface area contributed by atoms with Crippen molar-refractivity contribution in [3.63, 3.8) is 0 Å². The van der Waals surface area contributed by atoms with Crippen LogP contribution in [0.1, 0.15) is 119 Å². The van der Waals surface area contributed by atoms with Gasteiger partial charge in [0.1, 0.15) is 67.1 Å². The topological polar surface area (TPSA) is 304 Å². The lowest BCUT2D eigenvalue weighted by Gasteiger charge is -2.71. The van der Waals surface area contributed by atoms with Crippen molar-refractivity contribution in [2.75, 3.05) is 13.2 Å². The first-order valence-electron chi connectivity index (χ1n) is 26.6. The lowest BCUT2D eigenvalue weighted by Crippen LogP contribution is -2.67. The fraction of sp³-hybridized carbons (Fsp3) is 0.906. The van der Waals surface area contributed by atoms with Crippen LogP contribution in [0.15, 0.2) is 23.8 Å². The second-order valence-electron chi connectivity index (χ2n) is 24.9. The van der Waals surface area contributed by atoms with Crippen molar-refractivity contribution in [1.29, 1.82) is 0 Å². The second kappa shape index (κ2) is 19.9. The maximum absolute atomic E-state index is 13.1. The second-order valence-corrected chi connectivity index (χ2v) is 24.9. The molecule has 9 aliphatic rings. The number of rotatable bonds is 10.